The van der Waals surface area contributed by atoms with Crippen molar-refractivity contribution in [3.63, 3.8) is 0 Å². The van der Waals surface area contributed by atoms with Crippen molar-refractivity contribution in [3.8, 4) is 0 Å². The summed E-state index contributed by atoms with van der Waals surface area (Å²) in [7, 11) is 1.32. The van der Waals surface area contributed by atoms with Crippen LogP contribution < -0.4 is 0 Å². The summed E-state index contributed by atoms with van der Waals surface area (Å²) >= 11 is 0. The highest BCUT2D eigenvalue weighted by atomic mass is 16.5. The van der Waals surface area contributed by atoms with E-state index in [1.807, 2.05) is 0 Å². The fraction of sp³-hybridized carbons (Fsp3) is 0.357. The topological polar surface area (TPSA) is 63.7 Å². The number of hydrogen-bond acceptors (Lipinski definition) is 4. The number of piperidine rings is 1. The number of imide groups is 1. The molecule has 1 heterocycles. The fourth-order valence-electron chi connectivity index (χ4n) is 2.02. The summed E-state index contributed by atoms with van der Waals surface area (Å²) in [5.74, 6) is -0.668. The maximum atomic E-state index is 11.7. The van der Waals surface area contributed by atoms with E-state index in [-0.39, 0.29) is 18.4 Å². The number of nitrogens with zero attached hydrogens (tertiary/aromatic N) is 1. The molecule has 0 N–H and O–H groups in total. The van der Waals surface area contributed by atoms with E-state index in [0.29, 0.717) is 24.8 Å². The van der Waals surface area contributed by atoms with Gasteiger partial charge in [0, 0.05) is 12.8 Å². The summed E-state index contributed by atoms with van der Waals surface area (Å²) in [4.78, 5) is 35.9. The molecule has 0 radical (unpaired) electrons. The lowest BCUT2D eigenvalue weighted by Gasteiger charge is -2.24. The zero-order chi connectivity index (χ0) is 13.8. The van der Waals surface area contributed by atoms with Crippen LogP contribution in [0.5, 0.6) is 0 Å². The molecule has 1 aliphatic rings. The van der Waals surface area contributed by atoms with Crippen LogP contribution in [0, 0.1) is 0 Å². The van der Waals surface area contributed by atoms with Gasteiger partial charge in [0.05, 0.1) is 19.2 Å². The molecular weight excluding hydrogens is 246 g/mol. The minimum absolute atomic E-state index is 0.131. The molecule has 0 aromatic heterocycles. The molecule has 5 nitrogen and oxygen atoms in total. The van der Waals surface area contributed by atoms with Gasteiger partial charge >= 0.3 is 5.97 Å². The molecule has 1 aromatic carbocycles. The Bertz CT molecular complexity index is 491. The van der Waals surface area contributed by atoms with Crippen LogP contribution in [0.4, 0.5) is 0 Å². The van der Waals surface area contributed by atoms with Crippen LogP contribution in [0.25, 0.3) is 0 Å². The number of likely N-dealkylation sites (tertiary alicyclic amines) is 1. The van der Waals surface area contributed by atoms with Crippen LogP contribution in [-0.2, 0) is 20.9 Å². The van der Waals surface area contributed by atoms with Gasteiger partial charge < -0.3 is 4.74 Å². The number of benzene rings is 1. The lowest BCUT2D eigenvalue weighted by molar-refractivity contribution is -0.148. The van der Waals surface area contributed by atoms with Gasteiger partial charge in [-0.05, 0) is 24.1 Å². The van der Waals surface area contributed by atoms with Crippen LogP contribution in [-0.4, -0.2) is 29.8 Å². The first-order chi connectivity index (χ1) is 9.11. The predicted molar refractivity (Wildman–Crippen MR) is 67.2 cm³/mol. The molecule has 1 aliphatic heterocycles. The van der Waals surface area contributed by atoms with E-state index >= 15 is 0 Å². The van der Waals surface area contributed by atoms with Crippen molar-refractivity contribution >= 4 is 17.8 Å². The minimum atomic E-state index is -0.406. The van der Waals surface area contributed by atoms with Crippen LogP contribution in [0.3, 0.4) is 0 Å². The Morgan fingerprint density at radius 1 is 1.16 bits per heavy atom. The Kier molecular flexibility index (Phi) is 3.94. The third-order valence-corrected chi connectivity index (χ3v) is 3.10. The minimum Gasteiger partial charge on any atom is -0.465 e. The third-order valence-electron chi connectivity index (χ3n) is 3.10. The van der Waals surface area contributed by atoms with Crippen LogP contribution in [0.2, 0.25) is 0 Å². The highest BCUT2D eigenvalue weighted by Crippen LogP contribution is 2.16. The molecule has 2 amide bonds. The van der Waals surface area contributed by atoms with Gasteiger partial charge in [-0.3, -0.25) is 14.5 Å². The van der Waals surface area contributed by atoms with Crippen molar-refractivity contribution in [3.05, 3.63) is 35.4 Å². The van der Waals surface area contributed by atoms with Crippen molar-refractivity contribution in [1.29, 1.82) is 0 Å². The second kappa shape index (κ2) is 5.65. The van der Waals surface area contributed by atoms with E-state index < -0.39 is 5.97 Å². The largest absolute Gasteiger partial charge is 0.465 e. The van der Waals surface area contributed by atoms with Crippen LogP contribution in [0.1, 0.15) is 35.2 Å². The molecule has 0 bridgehead atoms. The van der Waals surface area contributed by atoms with Gasteiger partial charge in [-0.25, -0.2) is 4.79 Å². The zero-order valence-electron chi connectivity index (χ0n) is 10.7. The van der Waals surface area contributed by atoms with Crippen molar-refractivity contribution < 1.29 is 19.1 Å². The molecule has 0 saturated carbocycles. The number of carbonyl (C=O) groups excluding carboxylic acids is 3. The summed E-state index contributed by atoms with van der Waals surface area (Å²) in [6, 6.07) is 6.70. The van der Waals surface area contributed by atoms with Crippen LogP contribution >= 0.6 is 0 Å². The summed E-state index contributed by atoms with van der Waals surface area (Å²) in [5, 5.41) is 0. The van der Waals surface area contributed by atoms with Crippen molar-refractivity contribution in [2.75, 3.05) is 7.11 Å². The van der Waals surface area contributed by atoms with E-state index in [4.69, 9.17) is 0 Å². The summed E-state index contributed by atoms with van der Waals surface area (Å²) in [6.45, 7) is 0.263. The van der Waals surface area contributed by atoms with Gasteiger partial charge in [-0.2, -0.15) is 0 Å². The third kappa shape index (κ3) is 2.99. The Labute approximate surface area is 111 Å². The Hall–Kier alpha value is -2.17. The average molecular weight is 261 g/mol. The normalized spacial score (nSPS) is 15.5. The predicted octanol–water partition coefficient (Wildman–Crippen LogP) is 1.51. The number of carbonyl (C=O) groups is 3. The number of amides is 2. The molecule has 0 aliphatic carbocycles. The quantitative estimate of drug-likeness (QED) is 0.611. The maximum absolute atomic E-state index is 11.7. The molecule has 1 saturated heterocycles. The number of methoxy groups -OCH3 is 1. The second-order valence-corrected chi connectivity index (χ2v) is 4.42. The van der Waals surface area contributed by atoms with Gasteiger partial charge in [0.1, 0.15) is 0 Å². The molecule has 0 spiro atoms. The Morgan fingerprint density at radius 2 is 1.74 bits per heavy atom. The van der Waals surface area contributed by atoms with E-state index in [2.05, 4.69) is 4.74 Å². The maximum Gasteiger partial charge on any atom is 0.337 e. The highest BCUT2D eigenvalue weighted by Gasteiger charge is 2.25. The lowest BCUT2D eigenvalue weighted by atomic mass is 10.1. The van der Waals surface area contributed by atoms with E-state index in [9.17, 15) is 14.4 Å². The van der Waals surface area contributed by atoms with E-state index in [1.54, 1.807) is 24.3 Å². The van der Waals surface area contributed by atoms with Crippen molar-refractivity contribution in [1.82, 2.24) is 4.90 Å². The Balaban J connectivity index is 2.08. The van der Waals surface area contributed by atoms with Gasteiger partial charge in [-0.1, -0.05) is 12.1 Å². The lowest BCUT2D eigenvalue weighted by Crippen LogP contribution is -2.39. The highest BCUT2D eigenvalue weighted by molar-refractivity contribution is 5.97. The van der Waals surface area contributed by atoms with Crippen molar-refractivity contribution in [2.24, 2.45) is 0 Å². The van der Waals surface area contributed by atoms with E-state index in [1.165, 1.54) is 12.0 Å². The van der Waals surface area contributed by atoms with Gasteiger partial charge in [0.2, 0.25) is 11.8 Å². The monoisotopic (exact) mass is 261 g/mol. The zero-order valence-corrected chi connectivity index (χ0v) is 10.7. The van der Waals surface area contributed by atoms with Gasteiger partial charge in [-0.15, -0.1) is 0 Å². The Morgan fingerprint density at radius 3 is 2.26 bits per heavy atom. The summed E-state index contributed by atoms with van der Waals surface area (Å²) < 4.78 is 4.60. The first-order valence-corrected chi connectivity index (χ1v) is 6.12. The van der Waals surface area contributed by atoms with Gasteiger partial charge in [0.15, 0.2) is 0 Å². The molecule has 2 rings (SSSR count). The number of hydrogen-bond donors (Lipinski definition) is 0. The second-order valence-electron chi connectivity index (χ2n) is 4.42. The number of ether oxygens (including phenoxy) is 1. The molecule has 1 fully saturated rings. The molecule has 0 atom stereocenters. The number of esters is 1. The standard InChI is InChI=1S/C14H15NO4/c1-19-14(18)11-7-5-10(6-8-11)9-15-12(16)3-2-4-13(15)17/h5-8H,2-4,9H2,1H3. The summed E-state index contributed by atoms with van der Waals surface area (Å²) in [6.07, 6.45) is 1.48. The summed E-state index contributed by atoms with van der Waals surface area (Å²) in [5.41, 5.74) is 1.26. The van der Waals surface area contributed by atoms with Gasteiger partial charge in [0.25, 0.3) is 0 Å². The molecule has 0 unspecified atom stereocenters. The SMILES string of the molecule is COC(=O)c1ccc(CN2C(=O)CCCC2=O)cc1. The first kappa shape index (κ1) is 13.3. The molecule has 19 heavy (non-hydrogen) atoms. The average Bonchev–Trinajstić information content (AvgIpc) is 2.43. The van der Waals surface area contributed by atoms with E-state index in [0.717, 1.165) is 5.56 Å². The smallest absolute Gasteiger partial charge is 0.337 e. The number of rotatable bonds is 3. The molecule has 1 aromatic rings. The first-order valence-electron chi connectivity index (χ1n) is 6.12. The fourth-order valence-corrected chi connectivity index (χ4v) is 2.02. The molecular formula is C14H15NO4. The van der Waals surface area contributed by atoms with Crippen LogP contribution in [0.15, 0.2) is 24.3 Å². The molecule has 5 heteroatoms. The van der Waals surface area contributed by atoms with Crippen molar-refractivity contribution in [2.45, 2.75) is 25.8 Å². The molecule has 100 valence electrons.